The van der Waals surface area contributed by atoms with E-state index in [-0.39, 0.29) is 0 Å². The molecule has 0 aromatic heterocycles. The first kappa shape index (κ1) is 15.0. The molecule has 1 aliphatic heterocycles. The summed E-state index contributed by atoms with van der Waals surface area (Å²) in [6, 6.07) is 0.898. The predicted octanol–water partition coefficient (Wildman–Crippen LogP) is 3.42. The molecule has 102 valence electrons. The van der Waals surface area contributed by atoms with Gasteiger partial charge in [0.15, 0.2) is 0 Å². The van der Waals surface area contributed by atoms with Crippen molar-refractivity contribution in [3.63, 3.8) is 0 Å². The van der Waals surface area contributed by atoms with E-state index in [2.05, 4.69) is 24.1 Å². The van der Waals surface area contributed by atoms with Crippen LogP contribution in [0.2, 0.25) is 0 Å². The molecule has 2 nitrogen and oxygen atoms in total. The summed E-state index contributed by atoms with van der Waals surface area (Å²) in [7, 11) is 0. The fourth-order valence-electron chi connectivity index (χ4n) is 2.77. The maximum absolute atomic E-state index is 3.55. The standard InChI is InChI=1S/C15H32N2/c1-3-5-11-16-12-7-9-15-10-8-14-17(15)13-6-4-2/h15-16H,3-14H2,1-2H3. The van der Waals surface area contributed by atoms with Crippen molar-refractivity contribution in [2.24, 2.45) is 0 Å². The third kappa shape index (κ3) is 6.42. The van der Waals surface area contributed by atoms with Crippen LogP contribution in [-0.2, 0) is 0 Å². The highest BCUT2D eigenvalue weighted by molar-refractivity contribution is 4.79. The van der Waals surface area contributed by atoms with Gasteiger partial charge < -0.3 is 10.2 Å². The Morgan fingerprint density at radius 1 is 1.06 bits per heavy atom. The Bertz CT molecular complexity index is 170. The average Bonchev–Trinajstić information content (AvgIpc) is 2.78. The number of hydrogen-bond donors (Lipinski definition) is 1. The van der Waals surface area contributed by atoms with Crippen molar-refractivity contribution in [3.05, 3.63) is 0 Å². The molecular weight excluding hydrogens is 208 g/mol. The molecule has 0 amide bonds. The van der Waals surface area contributed by atoms with Crippen LogP contribution in [-0.4, -0.2) is 37.1 Å². The van der Waals surface area contributed by atoms with Crippen LogP contribution in [0.15, 0.2) is 0 Å². The van der Waals surface area contributed by atoms with E-state index in [0.717, 1.165) is 6.04 Å². The summed E-state index contributed by atoms with van der Waals surface area (Å²) < 4.78 is 0. The van der Waals surface area contributed by atoms with Gasteiger partial charge in [0.05, 0.1) is 0 Å². The zero-order valence-electron chi connectivity index (χ0n) is 12.0. The van der Waals surface area contributed by atoms with E-state index in [9.17, 15) is 0 Å². The van der Waals surface area contributed by atoms with Crippen LogP contribution in [0.3, 0.4) is 0 Å². The minimum atomic E-state index is 0.898. The van der Waals surface area contributed by atoms with Crippen molar-refractivity contribution in [3.8, 4) is 0 Å². The number of rotatable bonds is 10. The molecule has 0 aromatic carbocycles. The smallest absolute Gasteiger partial charge is 0.00962 e. The Morgan fingerprint density at radius 3 is 2.59 bits per heavy atom. The summed E-state index contributed by atoms with van der Waals surface area (Å²) in [5, 5.41) is 3.55. The molecule has 1 N–H and O–H groups in total. The molecule has 1 aliphatic rings. The minimum Gasteiger partial charge on any atom is -0.317 e. The maximum atomic E-state index is 3.55. The molecule has 0 aliphatic carbocycles. The zero-order chi connectivity index (χ0) is 12.3. The van der Waals surface area contributed by atoms with Gasteiger partial charge in [0.1, 0.15) is 0 Å². The third-order valence-corrected chi connectivity index (χ3v) is 3.90. The Labute approximate surface area is 108 Å². The Kier molecular flexibility index (Phi) is 8.72. The first-order valence-electron chi connectivity index (χ1n) is 7.83. The highest BCUT2D eigenvalue weighted by atomic mass is 15.2. The largest absolute Gasteiger partial charge is 0.317 e. The summed E-state index contributed by atoms with van der Waals surface area (Å²) in [6.07, 6.45) is 11.0. The van der Waals surface area contributed by atoms with Crippen LogP contribution in [0.4, 0.5) is 0 Å². The van der Waals surface area contributed by atoms with E-state index in [4.69, 9.17) is 0 Å². The lowest BCUT2D eigenvalue weighted by atomic mass is 10.1. The van der Waals surface area contributed by atoms with E-state index < -0.39 is 0 Å². The molecule has 0 radical (unpaired) electrons. The minimum absolute atomic E-state index is 0.898. The normalized spacial score (nSPS) is 21.2. The lowest BCUT2D eigenvalue weighted by Gasteiger charge is -2.24. The first-order chi connectivity index (χ1) is 8.38. The Hall–Kier alpha value is -0.0800. The van der Waals surface area contributed by atoms with Gasteiger partial charge in [-0.15, -0.1) is 0 Å². The van der Waals surface area contributed by atoms with Crippen LogP contribution in [0.1, 0.15) is 65.2 Å². The van der Waals surface area contributed by atoms with E-state index in [1.54, 1.807) is 0 Å². The molecule has 1 saturated heterocycles. The number of hydrogen-bond acceptors (Lipinski definition) is 2. The lowest BCUT2D eigenvalue weighted by molar-refractivity contribution is 0.236. The van der Waals surface area contributed by atoms with Gasteiger partial charge in [-0.2, -0.15) is 0 Å². The summed E-state index contributed by atoms with van der Waals surface area (Å²) >= 11 is 0. The molecule has 0 bridgehead atoms. The topological polar surface area (TPSA) is 15.3 Å². The van der Waals surface area contributed by atoms with E-state index >= 15 is 0 Å². The summed E-state index contributed by atoms with van der Waals surface area (Å²) in [5.41, 5.74) is 0. The number of unbranched alkanes of at least 4 members (excludes halogenated alkanes) is 2. The fourth-order valence-corrected chi connectivity index (χ4v) is 2.77. The van der Waals surface area contributed by atoms with E-state index in [1.165, 1.54) is 77.5 Å². The molecular formula is C15H32N2. The second-order valence-electron chi connectivity index (χ2n) is 5.43. The predicted molar refractivity (Wildman–Crippen MR) is 76.5 cm³/mol. The zero-order valence-corrected chi connectivity index (χ0v) is 12.0. The van der Waals surface area contributed by atoms with Gasteiger partial charge in [-0.25, -0.2) is 0 Å². The van der Waals surface area contributed by atoms with Crippen LogP contribution >= 0.6 is 0 Å². The van der Waals surface area contributed by atoms with Crippen molar-refractivity contribution in [2.75, 3.05) is 26.2 Å². The van der Waals surface area contributed by atoms with Crippen molar-refractivity contribution in [2.45, 2.75) is 71.3 Å². The van der Waals surface area contributed by atoms with Crippen LogP contribution in [0.25, 0.3) is 0 Å². The van der Waals surface area contributed by atoms with Crippen molar-refractivity contribution < 1.29 is 0 Å². The molecule has 0 aromatic rings. The highest BCUT2D eigenvalue weighted by Crippen LogP contribution is 2.21. The summed E-state index contributed by atoms with van der Waals surface area (Å²) in [4.78, 5) is 2.73. The Morgan fingerprint density at radius 2 is 1.82 bits per heavy atom. The second-order valence-corrected chi connectivity index (χ2v) is 5.43. The molecule has 1 fully saturated rings. The van der Waals surface area contributed by atoms with Crippen molar-refractivity contribution in [1.29, 1.82) is 0 Å². The molecule has 17 heavy (non-hydrogen) atoms. The molecule has 1 heterocycles. The second kappa shape index (κ2) is 9.90. The van der Waals surface area contributed by atoms with Gasteiger partial charge in [-0.05, 0) is 64.7 Å². The average molecular weight is 240 g/mol. The summed E-state index contributed by atoms with van der Waals surface area (Å²) in [6.45, 7) is 9.67. The Balaban J connectivity index is 2.00. The molecule has 0 saturated carbocycles. The molecule has 0 spiro atoms. The van der Waals surface area contributed by atoms with Gasteiger partial charge in [0.25, 0.3) is 0 Å². The third-order valence-electron chi connectivity index (χ3n) is 3.90. The van der Waals surface area contributed by atoms with Crippen LogP contribution in [0, 0.1) is 0 Å². The SMILES string of the molecule is CCCCNCCCC1CCCN1CCCC. The van der Waals surface area contributed by atoms with Gasteiger partial charge in [0.2, 0.25) is 0 Å². The van der Waals surface area contributed by atoms with Gasteiger partial charge >= 0.3 is 0 Å². The molecule has 1 rings (SSSR count). The highest BCUT2D eigenvalue weighted by Gasteiger charge is 2.22. The van der Waals surface area contributed by atoms with Crippen molar-refractivity contribution in [1.82, 2.24) is 10.2 Å². The van der Waals surface area contributed by atoms with Crippen LogP contribution in [0.5, 0.6) is 0 Å². The van der Waals surface area contributed by atoms with Gasteiger partial charge in [-0.3, -0.25) is 0 Å². The number of likely N-dealkylation sites (tertiary alicyclic amines) is 1. The quantitative estimate of drug-likeness (QED) is 0.589. The summed E-state index contributed by atoms with van der Waals surface area (Å²) in [5.74, 6) is 0. The molecule has 1 atom stereocenters. The maximum Gasteiger partial charge on any atom is 0.00962 e. The van der Waals surface area contributed by atoms with Gasteiger partial charge in [-0.1, -0.05) is 26.7 Å². The van der Waals surface area contributed by atoms with Crippen LogP contribution < -0.4 is 5.32 Å². The van der Waals surface area contributed by atoms with Crippen molar-refractivity contribution >= 4 is 0 Å². The lowest BCUT2D eigenvalue weighted by Crippen LogP contribution is -2.31. The monoisotopic (exact) mass is 240 g/mol. The number of nitrogens with zero attached hydrogens (tertiary/aromatic N) is 1. The van der Waals surface area contributed by atoms with Gasteiger partial charge in [0, 0.05) is 6.04 Å². The molecule has 2 heteroatoms. The van der Waals surface area contributed by atoms with E-state index in [1.807, 2.05) is 0 Å². The molecule has 1 unspecified atom stereocenters. The fraction of sp³-hybridized carbons (Fsp3) is 1.00. The first-order valence-corrected chi connectivity index (χ1v) is 7.83. The van der Waals surface area contributed by atoms with E-state index in [0.29, 0.717) is 0 Å². The number of nitrogens with one attached hydrogen (secondary N) is 1.